The minimum atomic E-state index is -4.04. The van der Waals surface area contributed by atoms with Gasteiger partial charge in [0.2, 0.25) is 0 Å². The second kappa shape index (κ2) is 2.45. The van der Waals surface area contributed by atoms with Crippen molar-refractivity contribution in [2.75, 3.05) is 0 Å². The van der Waals surface area contributed by atoms with E-state index in [9.17, 15) is 3.74 Å². The Bertz CT molecular complexity index is 95.9. The van der Waals surface area contributed by atoms with Crippen molar-refractivity contribution in [3.63, 3.8) is 0 Å². The van der Waals surface area contributed by atoms with Gasteiger partial charge in [-0.25, -0.2) is 0 Å². The Morgan fingerprint density at radius 2 is 2.00 bits per heavy atom. The molecular weight excluding hydrogens is 202 g/mol. The van der Waals surface area contributed by atoms with Crippen LogP contribution in [0.4, 0.5) is 0 Å². The van der Waals surface area contributed by atoms with E-state index in [2.05, 4.69) is 0 Å². The molecule has 2 unspecified atom stereocenters. The van der Waals surface area contributed by atoms with Gasteiger partial charge in [-0.1, -0.05) is 0 Å². The molecule has 0 amide bonds. The van der Waals surface area contributed by atoms with E-state index in [1.807, 2.05) is 0 Å². The molecule has 0 rings (SSSR count). The Kier molecular flexibility index (Phi) is 2.76. The van der Waals surface area contributed by atoms with E-state index in [1.54, 1.807) is 0 Å². The first-order valence-corrected chi connectivity index (χ1v) is 7.20. The summed E-state index contributed by atoms with van der Waals surface area (Å²) in [6.07, 6.45) is 0. The summed E-state index contributed by atoms with van der Waals surface area (Å²) in [5, 5.41) is 0. The predicted octanol–water partition coefficient (Wildman–Crippen LogP) is 0.753. The fourth-order valence-corrected chi connectivity index (χ4v) is 0. The summed E-state index contributed by atoms with van der Waals surface area (Å²) in [6.45, 7) is 1.40. The van der Waals surface area contributed by atoms with Crippen LogP contribution >= 0.6 is 21.6 Å². The molecule has 0 spiro atoms. The summed E-state index contributed by atoms with van der Waals surface area (Å²) in [6, 6.07) is 0. The van der Waals surface area contributed by atoms with Gasteiger partial charge in [-0.3, -0.25) is 0 Å². The second-order valence-electron chi connectivity index (χ2n) is 1.12. The van der Waals surface area contributed by atoms with E-state index < -0.39 is 17.1 Å². The number of hydrogen-bond acceptors (Lipinski definition) is 1. The quantitative estimate of drug-likeness (QED) is 0.508. The molecule has 0 aliphatic rings. The van der Waals surface area contributed by atoms with Gasteiger partial charge in [0.25, 0.3) is 0 Å². The number of rotatable bonds is 1. The molecule has 0 aromatic rings. The SMILES string of the molecule is CC(Cl)[As](=O)(O)Cl. The van der Waals surface area contributed by atoms with Gasteiger partial charge in [-0.15, -0.1) is 0 Å². The standard InChI is InChI=1S/C2H5AsCl2O2/c1-2(4)3(5,6)7/h2H,1H3,(H,6,7). The molecule has 2 nitrogen and oxygen atoms in total. The van der Waals surface area contributed by atoms with E-state index in [4.69, 9.17) is 25.6 Å². The Morgan fingerprint density at radius 3 is 2.00 bits per heavy atom. The maximum atomic E-state index is 10.2. The van der Waals surface area contributed by atoms with Gasteiger partial charge in [0.1, 0.15) is 0 Å². The zero-order chi connectivity index (χ0) is 6.08. The molecule has 0 saturated carbocycles. The van der Waals surface area contributed by atoms with E-state index in [0.717, 1.165) is 0 Å². The summed E-state index contributed by atoms with van der Waals surface area (Å²) < 4.78 is 17.7. The number of halogens is 2. The second-order valence-corrected chi connectivity index (χ2v) is 8.86. The van der Waals surface area contributed by atoms with Crippen molar-refractivity contribution < 1.29 is 7.84 Å². The van der Waals surface area contributed by atoms with Crippen LogP contribution in [0.3, 0.4) is 0 Å². The average Bonchev–Trinajstić information content (AvgIpc) is 1.31. The van der Waals surface area contributed by atoms with Crippen LogP contribution in [0.2, 0.25) is 0 Å². The summed E-state index contributed by atoms with van der Waals surface area (Å²) >= 11 is 1.10. The van der Waals surface area contributed by atoms with Gasteiger partial charge < -0.3 is 0 Å². The average molecular weight is 207 g/mol. The Morgan fingerprint density at radius 1 is 1.86 bits per heavy atom. The number of hydrogen-bond donors (Lipinski definition) is 1. The van der Waals surface area contributed by atoms with Crippen molar-refractivity contribution in [3.05, 3.63) is 0 Å². The van der Waals surface area contributed by atoms with Gasteiger partial charge in [-0.05, 0) is 0 Å². The van der Waals surface area contributed by atoms with E-state index in [1.165, 1.54) is 6.92 Å². The molecule has 44 valence electrons. The van der Waals surface area contributed by atoms with Crippen molar-refractivity contribution in [3.8, 4) is 0 Å². The summed E-state index contributed by atoms with van der Waals surface area (Å²) in [7, 11) is 4.91. The topological polar surface area (TPSA) is 37.3 Å². The van der Waals surface area contributed by atoms with Gasteiger partial charge in [0.05, 0.1) is 0 Å². The fourth-order valence-electron chi connectivity index (χ4n) is 0. The molecule has 0 radical (unpaired) electrons. The van der Waals surface area contributed by atoms with Crippen LogP contribution in [0.1, 0.15) is 6.92 Å². The third-order valence-corrected chi connectivity index (χ3v) is 5.70. The van der Waals surface area contributed by atoms with Gasteiger partial charge in [-0.2, -0.15) is 0 Å². The van der Waals surface area contributed by atoms with Crippen LogP contribution in [0.15, 0.2) is 0 Å². The van der Waals surface area contributed by atoms with Crippen molar-refractivity contribution in [2.45, 2.75) is 11.1 Å². The molecule has 0 aromatic heterocycles. The van der Waals surface area contributed by atoms with Crippen molar-refractivity contribution in [2.24, 2.45) is 0 Å². The molecule has 0 saturated heterocycles. The van der Waals surface area contributed by atoms with E-state index in [0.29, 0.717) is 0 Å². The molecule has 0 aromatic carbocycles. The Hall–Kier alpha value is 0.898. The third kappa shape index (κ3) is 3.48. The molecular formula is C2H5AsCl2O2. The fraction of sp³-hybridized carbons (Fsp3) is 1.00. The molecule has 2 atom stereocenters. The molecule has 0 heterocycles. The van der Waals surface area contributed by atoms with Crippen LogP contribution in [-0.4, -0.2) is 21.2 Å². The van der Waals surface area contributed by atoms with Crippen molar-refractivity contribution >= 4 is 34.4 Å². The Balaban J connectivity index is 3.80. The molecule has 1 N–H and O–H groups in total. The molecule has 0 aliphatic heterocycles. The van der Waals surface area contributed by atoms with Crippen molar-refractivity contribution in [1.29, 1.82) is 0 Å². The zero-order valence-electron chi connectivity index (χ0n) is 3.64. The van der Waals surface area contributed by atoms with Gasteiger partial charge in [0.15, 0.2) is 0 Å². The first-order valence-electron chi connectivity index (χ1n) is 1.61. The normalized spacial score (nSPS) is 23.4. The molecule has 0 aliphatic carbocycles. The predicted molar refractivity (Wildman–Crippen MR) is 29.8 cm³/mol. The van der Waals surface area contributed by atoms with Crippen molar-refractivity contribution in [1.82, 2.24) is 0 Å². The third-order valence-electron chi connectivity index (χ3n) is 0.439. The van der Waals surface area contributed by atoms with E-state index in [-0.39, 0.29) is 0 Å². The van der Waals surface area contributed by atoms with Gasteiger partial charge >= 0.3 is 53.4 Å². The molecule has 7 heavy (non-hydrogen) atoms. The van der Waals surface area contributed by atoms with Crippen LogP contribution in [0, 0.1) is 0 Å². The summed E-state index contributed by atoms with van der Waals surface area (Å²) in [5.74, 6) is 0. The maximum absolute atomic E-state index is 10.2. The molecule has 5 heteroatoms. The van der Waals surface area contributed by atoms with Crippen LogP contribution < -0.4 is 0 Å². The number of alkyl halides is 1. The van der Waals surface area contributed by atoms with Crippen LogP contribution in [0.5, 0.6) is 0 Å². The summed E-state index contributed by atoms with van der Waals surface area (Å²) in [4.78, 5) is 0. The molecule has 0 bridgehead atoms. The first kappa shape index (κ1) is 7.90. The first-order chi connectivity index (χ1) is 2.94. The molecule has 0 fully saturated rings. The van der Waals surface area contributed by atoms with Gasteiger partial charge in [0, 0.05) is 0 Å². The van der Waals surface area contributed by atoms with Crippen LogP contribution in [-0.2, 0) is 3.74 Å². The van der Waals surface area contributed by atoms with Crippen LogP contribution in [0.25, 0.3) is 0 Å². The zero-order valence-corrected chi connectivity index (χ0v) is 7.02. The summed E-state index contributed by atoms with van der Waals surface area (Å²) in [5.41, 5.74) is 0. The minimum absolute atomic E-state index is 0.792. The monoisotopic (exact) mass is 206 g/mol. The Labute approximate surface area is 53.6 Å². The van der Waals surface area contributed by atoms with E-state index >= 15 is 0 Å².